The van der Waals surface area contributed by atoms with Crippen molar-refractivity contribution in [2.24, 2.45) is 0 Å². The predicted octanol–water partition coefficient (Wildman–Crippen LogP) is 3.31. The summed E-state index contributed by atoms with van der Waals surface area (Å²) in [5, 5.41) is 14.6. The fourth-order valence-corrected chi connectivity index (χ4v) is 2.26. The van der Waals surface area contributed by atoms with Crippen LogP contribution in [0, 0.1) is 0 Å². The third kappa shape index (κ3) is 2.34. The van der Waals surface area contributed by atoms with E-state index >= 15 is 0 Å². The second-order valence-corrected chi connectivity index (χ2v) is 4.91. The Morgan fingerprint density at radius 3 is 2.63 bits per heavy atom. The highest BCUT2D eigenvalue weighted by molar-refractivity contribution is 9.10. The molecule has 5 heteroatoms. The van der Waals surface area contributed by atoms with Gasteiger partial charge in [0.15, 0.2) is 11.9 Å². The maximum Gasteiger partial charge on any atom is 0.156 e. The van der Waals surface area contributed by atoms with Gasteiger partial charge in [-0.3, -0.25) is 0 Å². The largest absolute Gasteiger partial charge is 0.465 e. The molecule has 1 atom stereocenters. The molecule has 0 aliphatic rings. The molecule has 1 N–H and O–H groups in total. The van der Waals surface area contributed by atoms with Gasteiger partial charge >= 0.3 is 0 Å². The standard InChI is InChI=1S/C14H11BrN2O2/c15-11-7-9-19-14(11)13(18)12-6-8-17(16-12)10-4-2-1-3-5-10/h1-9,13,18H. The zero-order chi connectivity index (χ0) is 13.2. The lowest BCUT2D eigenvalue weighted by molar-refractivity contribution is 0.183. The average molecular weight is 319 g/mol. The molecule has 0 radical (unpaired) electrons. The summed E-state index contributed by atoms with van der Waals surface area (Å²) in [4.78, 5) is 0. The molecular formula is C14H11BrN2O2. The highest BCUT2D eigenvalue weighted by Crippen LogP contribution is 2.28. The first kappa shape index (κ1) is 12.2. The Hall–Kier alpha value is -1.85. The van der Waals surface area contributed by atoms with E-state index in [1.165, 1.54) is 6.26 Å². The first-order chi connectivity index (χ1) is 9.25. The van der Waals surface area contributed by atoms with Crippen LogP contribution in [-0.2, 0) is 0 Å². The monoisotopic (exact) mass is 318 g/mol. The summed E-state index contributed by atoms with van der Waals surface area (Å²) in [5.74, 6) is 0.457. The molecule has 0 saturated carbocycles. The van der Waals surface area contributed by atoms with E-state index in [9.17, 15) is 5.11 Å². The predicted molar refractivity (Wildman–Crippen MR) is 74.0 cm³/mol. The molecule has 0 fully saturated rings. The van der Waals surface area contributed by atoms with Crippen molar-refractivity contribution in [1.82, 2.24) is 9.78 Å². The number of aliphatic hydroxyl groups is 1. The summed E-state index contributed by atoms with van der Waals surface area (Å²) >= 11 is 3.33. The molecule has 0 spiro atoms. The van der Waals surface area contributed by atoms with Crippen molar-refractivity contribution in [1.29, 1.82) is 0 Å². The average Bonchev–Trinajstić information content (AvgIpc) is 3.08. The second-order valence-electron chi connectivity index (χ2n) is 4.06. The summed E-state index contributed by atoms with van der Waals surface area (Å²) < 4.78 is 7.70. The number of rotatable bonds is 3. The molecule has 0 saturated heterocycles. The molecule has 3 aromatic rings. The van der Waals surface area contributed by atoms with Crippen molar-refractivity contribution in [3.63, 3.8) is 0 Å². The van der Waals surface area contributed by atoms with Crippen LogP contribution in [-0.4, -0.2) is 14.9 Å². The molecule has 0 bridgehead atoms. The molecule has 1 unspecified atom stereocenters. The second kappa shape index (κ2) is 5.03. The van der Waals surface area contributed by atoms with Crippen LogP contribution in [0.5, 0.6) is 0 Å². The zero-order valence-corrected chi connectivity index (χ0v) is 11.5. The van der Waals surface area contributed by atoms with E-state index in [1.807, 2.05) is 36.5 Å². The molecular weight excluding hydrogens is 308 g/mol. The van der Waals surface area contributed by atoms with Gasteiger partial charge in [0.25, 0.3) is 0 Å². The minimum Gasteiger partial charge on any atom is -0.465 e. The van der Waals surface area contributed by atoms with Gasteiger partial charge < -0.3 is 9.52 Å². The van der Waals surface area contributed by atoms with Crippen LogP contribution in [0.25, 0.3) is 5.69 Å². The van der Waals surface area contributed by atoms with Crippen LogP contribution in [0.4, 0.5) is 0 Å². The van der Waals surface area contributed by atoms with Crippen LogP contribution in [0.15, 0.2) is 63.8 Å². The Morgan fingerprint density at radius 1 is 1.16 bits per heavy atom. The molecule has 3 rings (SSSR count). The van der Waals surface area contributed by atoms with Crippen LogP contribution in [0.1, 0.15) is 17.6 Å². The Bertz CT molecular complexity index is 676. The van der Waals surface area contributed by atoms with E-state index in [4.69, 9.17) is 4.42 Å². The molecule has 1 aromatic carbocycles. The Morgan fingerprint density at radius 2 is 1.95 bits per heavy atom. The minimum atomic E-state index is -0.880. The van der Waals surface area contributed by atoms with Gasteiger partial charge in [-0.2, -0.15) is 5.10 Å². The van der Waals surface area contributed by atoms with Crippen LogP contribution in [0.2, 0.25) is 0 Å². The topological polar surface area (TPSA) is 51.2 Å². The van der Waals surface area contributed by atoms with Crippen LogP contribution in [0.3, 0.4) is 0 Å². The number of benzene rings is 1. The maximum absolute atomic E-state index is 10.2. The summed E-state index contributed by atoms with van der Waals surface area (Å²) in [6.07, 6.45) is 2.45. The van der Waals surface area contributed by atoms with E-state index in [2.05, 4.69) is 21.0 Å². The van der Waals surface area contributed by atoms with Gasteiger partial charge in [0.2, 0.25) is 0 Å². The van der Waals surface area contributed by atoms with E-state index in [-0.39, 0.29) is 0 Å². The summed E-state index contributed by atoms with van der Waals surface area (Å²) in [6, 6.07) is 13.2. The van der Waals surface area contributed by atoms with Crippen LogP contribution < -0.4 is 0 Å². The van der Waals surface area contributed by atoms with Crippen molar-refractivity contribution in [2.75, 3.05) is 0 Å². The van der Waals surface area contributed by atoms with Gasteiger partial charge in [-0.05, 0) is 40.2 Å². The molecule has 2 aromatic heterocycles. The number of aromatic nitrogens is 2. The maximum atomic E-state index is 10.2. The number of hydrogen-bond acceptors (Lipinski definition) is 3. The molecule has 0 amide bonds. The lowest BCUT2D eigenvalue weighted by Gasteiger charge is -2.05. The SMILES string of the molecule is OC(c1ccn(-c2ccccc2)n1)c1occc1Br. The number of halogens is 1. The molecule has 0 aliphatic heterocycles. The van der Waals surface area contributed by atoms with Crippen molar-refractivity contribution < 1.29 is 9.52 Å². The summed E-state index contributed by atoms with van der Waals surface area (Å²) in [6.45, 7) is 0. The summed E-state index contributed by atoms with van der Waals surface area (Å²) in [7, 11) is 0. The zero-order valence-electron chi connectivity index (χ0n) is 9.90. The van der Waals surface area contributed by atoms with Gasteiger partial charge in [-0.25, -0.2) is 4.68 Å². The van der Waals surface area contributed by atoms with E-state index in [1.54, 1.807) is 16.8 Å². The van der Waals surface area contributed by atoms with Gasteiger partial charge in [-0.1, -0.05) is 18.2 Å². The number of furan rings is 1. The number of aliphatic hydroxyl groups excluding tert-OH is 1. The minimum absolute atomic E-state index is 0.457. The van der Waals surface area contributed by atoms with Gasteiger partial charge in [-0.15, -0.1) is 0 Å². The smallest absolute Gasteiger partial charge is 0.156 e. The molecule has 96 valence electrons. The Labute approximate surface area is 118 Å². The van der Waals surface area contributed by atoms with Crippen molar-refractivity contribution in [2.45, 2.75) is 6.10 Å². The van der Waals surface area contributed by atoms with Crippen molar-refractivity contribution in [3.05, 3.63) is 70.9 Å². The Balaban J connectivity index is 1.92. The van der Waals surface area contributed by atoms with Crippen molar-refractivity contribution >= 4 is 15.9 Å². The van der Waals surface area contributed by atoms with Crippen LogP contribution >= 0.6 is 15.9 Å². The Kier molecular flexibility index (Phi) is 3.23. The third-order valence-corrected chi connectivity index (χ3v) is 3.46. The van der Waals surface area contributed by atoms with E-state index in [0.717, 1.165) is 10.2 Å². The molecule has 0 aliphatic carbocycles. The third-order valence-electron chi connectivity index (χ3n) is 2.80. The summed E-state index contributed by atoms with van der Waals surface area (Å²) in [5.41, 5.74) is 1.49. The van der Waals surface area contributed by atoms with Gasteiger partial charge in [0, 0.05) is 6.20 Å². The lowest BCUT2D eigenvalue weighted by Crippen LogP contribution is -2.02. The first-order valence-corrected chi connectivity index (χ1v) is 6.57. The van der Waals surface area contributed by atoms with E-state index in [0.29, 0.717) is 11.5 Å². The fraction of sp³-hybridized carbons (Fsp3) is 0.0714. The lowest BCUT2D eigenvalue weighted by atomic mass is 10.2. The molecule has 2 heterocycles. The first-order valence-electron chi connectivity index (χ1n) is 5.77. The van der Waals surface area contributed by atoms with Gasteiger partial charge in [0.05, 0.1) is 22.1 Å². The van der Waals surface area contributed by atoms with E-state index < -0.39 is 6.10 Å². The molecule has 19 heavy (non-hydrogen) atoms. The highest BCUT2D eigenvalue weighted by atomic mass is 79.9. The number of nitrogens with zero attached hydrogens (tertiary/aromatic N) is 2. The normalized spacial score (nSPS) is 12.5. The molecule has 4 nitrogen and oxygen atoms in total. The van der Waals surface area contributed by atoms with Crippen molar-refractivity contribution in [3.8, 4) is 5.69 Å². The highest BCUT2D eigenvalue weighted by Gasteiger charge is 2.19. The van der Waals surface area contributed by atoms with Gasteiger partial charge in [0.1, 0.15) is 0 Å². The quantitative estimate of drug-likeness (QED) is 0.806. The fourth-order valence-electron chi connectivity index (χ4n) is 1.84. The number of para-hydroxylation sites is 1. The number of hydrogen-bond donors (Lipinski definition) is 1.